The molecule has 0 aliphatic carbocycles. The summed E-state index contributed by atoms with van der Waals surface area (Å²) >= 11 is -15.2. The fourth-order valence-corrected chi connectivity index (χ4v) is 2.31. The third-order valence-electron chi connectivity index (χ3n) is 0.231. The molecule has 19 heavy (non-hydrogen) atoms. The Balaban J connectivity index is -0.0000000476. The maximum atomic E-state index is 9.47. The Morgan fingerprint density at radius 2 is 0.895 bits per heavy atom. The predicted octanol–water partition coefficient (Wildman–Crippen LogP) is -4.61. The molecule has 0 bridgehead atoms. The zero-order valence-corrected chi connectivity index (χ0v) is 26.9. The van der Waals surface area contributed by atoms with E-state index in [1.165, 1.54) is 0 Å². The molecule has 0 heterocycles. The Kier molecular flexibility index (Phi) is 69.2. The van der Waals surface area contributed by atoms with Gasteiger partial charge in [-0.15, -0.1) is 0 Å². The second-order valence-corrected chi connectivity index (χ2v) is 11.5. The van der Waals surface area contributed by atoms with Crippen molar-refractivity contribution in [2.75, 3.05) is 0 Å². The van der Waals surface area contributed by atoms with Gasteiger partial charge in [0.05, 0.1) is 0 Å². The monoisotopic (exact) mass is 1180 g/mol. The van der Waals surface area contributed by atoms with Gasteiger partial charge in [0.1, 0.15) is 0 Å². The topological polar surface area (TPSA) is 202 Å². The molecule has 12 nitrogen and oxygen atoms in total. The zero-order chi connectivity index (χ0) is 15.4. The molecule has 19 heteroatoms. The molecule has 108 valence electrons. The molecule has 0 saturated carbocycles. The summed E-state index contributed by atoms with van der Waals surface area (Å²) in [6.07, 6.45) is 0. The molecule has 0 spiro atoms. The van der Waals surface area contributed by atoms with Crippen molar-refractivity contribution < 1.29 is 93.4 Å². The molecule has 0 unspecified atom stereocenters. The van der Waals surface area contributed by atoms with E-state index < -0.39 is 132 Å². The average Bonchev–Trinajstić information content (AvgIpc) is 2.20. The van der Waals surface area contributed by atoms with Crippen LogP contribution in [0.4, 0.5) is 0 Å². The molecule has 0 aliphatic heterocycles. The second-order valence-electron chi connectivity index (χ2n) is 1.03. The number of rotatable bonds is 4. The van der Waals surface area contributed by atoms with Gasteiger partial charge in [0, 0.05) is 21.7 Å². The van der Waals surface area contributed by atoms with E-state index in [1.807, 2.05) is 0 Å². The standard InChI is InChI=1S/4Bi.4H2O.8O.3Ti/h;;;;4*1H2;;;;;;;;;;;/q;;2*+1;;;;;;;;;;;;;;2*+1/p-4. The van der Waals surface area contributed by atoms with E-state index in [0.29, 0.717) is 0 Å². The SMILES string of the molecule is [O]=[Bi][OH].[O]=[Bi][OH].[O]=[Bi][O][Ti](=[O])[OH].[O]=[Bi][O][Ti](=[O])[OH].[Ti]. The van der Waals surface area contributed by atoms with E-state index in [-0.39, 0.29) is 21.7 Å². The van der Waals surface area contributed by atoms with Crippen LogP contribution in [0.3, 0.4) is 0 Å². The van der Waals surface area contributed by atoms with E-state index in [1.54, 1.807) is 0 Å². The first-order valence-corrected chi connectivity index (χ1v) is 18.3. The fourth-order valence-electron chi connectivity index (χ4n) is 0.0638. The molecule has 0 radical (unpaired) electrons. The zero-order valence-electron chi connectivity index (χ0n) is 8.34. The van der Waals surface area contributed by atoms with Gasteiger partial charge in [-0.1, -0.05) is 0 Å². The van der Waals surface area contributed by atoms with Crippen LogP contribution in [0.15, 0.2) is 0 Å². The van der Waals surface area contributed by atoms with E-state index >= 15 is 0 Å². The van der Waals surface area contributed by atoms with Crippen molar-refractivity contribution in [1.82, 2.24) is 0 Å². The molecule has 0 saturated heterocycles. The Morgan fingerprint density at radius 1 is 0.737 bits per heavy atom. The van der Waals surface area contributed by atoms with Gasteiger partial charge < -0.3 is 0 Å². The van der Waals surface area contributed by atoms with Crippen LogP contribution in [0, 0.1) is 0 Å². The van der Waals surface area contributed by atoms with E-state index in [9.17, 15) is 12.3 Å². The van der Waals surface area contributed by atoms with Crippen LogP contribution in [0.5, 0.6) is 0 Å². The van der Waals surface area contributed by atoms with Gasteiger partial charge in [0.25, 0.3) is 0 Å². The van der Waals surface area contributed by atoms with Crippen LogP contribution in [0.1, 0.15) is 0 Å². The summed E-state index contributed by atoms with van der Waals surface area (Å²) in [6.45, 7) is 0. The van der Waals surface area contributed by atoms with Gasteiger partial charge in [-0.05, 0) is 0 Å². The molecule has 0 aromatic rings. The van der Waals surface area contributed by atoms with Crippen molar-refractivity contribution in [3.05, 3.63) is 0 Å². The van der Waals surface area contributed by atoms with Gasteiger partial charge >= 0.3 is 166 Å². The number of hydrogen-bond donors (Lipinski definition) is 4. The van der Waals surface area contributed by atoms with Crippen LogP contribution in [0.2, 0.25) is 0 Å². The average molecular weight is 1180 g/mol. The third-order valence-corrected chi connectivity index (χ3v) is 8.35. The summed E-state index contributed by atoms with van der Waals surface area (Å²) < 4.78 is 92.7. The number of hydrogen-bond acceptors (Lipinski definition) is 8. The Bertz CT molecular complexity index is 227. The molecule has 0 aromatic carbocycles. The van der Waals surface area contributed by atoms with Crippen molar-refractivity contribution in [1.29, 1.82) is 0 Å². The first-order valence-electron chi connectivity index (χ1n) is 2.76. The first kappa shape index (κ1) is 34.5. The summed E-state index contributed by atoms with van der Waals surface area (Å²) in [5, 5.41) is 0. The van der Waals surface area contributed by atoms with Crippen molar-refractivity contribution in [2.24, 2.45) is 0 Å². The molecule has 0 rings (SSSR count). The smallest absolute Gasteiger partial charge is 0 e. The molecule has 0 aliphatic rings. The van der Waals surface area contributed by atoms with Crippen molar-refractivity contribution in [3.63, 3.8) is 0 Å². The maximum absolute atomic E-state index is 9.47. The van der Waals surface area contributed by atoms with Crippen molar-refractivity contribution in [2.45, 2.75) is 0 Å². The minimum atomic E-state index is -3.37. The summed E-state index contributed by atoms with van der Waals surface area (Å²) in [6, 6.07) is 0. The summed E-state index contributed by atoms with van der Waals surface area (Å²) in [4.78, 5) is 0. The molecular formula is H4Bi4O12Ti3. The largest absolute Gasteiger partial charge is 0 e. The van der Waals surface area contributed by atoms with Crippen LogP contribution < -0.4 is 0 Å². The molecule has 0 fully saturated rings. The van der Waals surface area contributed by atoms with E-state index in [0.717, 1.165) is 0 Å². The molecule has 0 atom stereocenters. The Labute approximate surface area is 184 Å². The maximum Gasteiger partial charge on any atom is 0 e. The van der Waals surface area contributed by atoms with Crippen LogP contribution >= 0.6 is 0 Å². The van der Waals surface area contributed by atoms with Gasteiger partial charge in [0.2, 0.25) is 0 Å². The summed E-state index contributed by atoms with van der Waals surface area (Å²) in [5.74, 6) is 0. The van der Waals surface area contributed by atoms with E-state index in [2.05, 4.69) is 2.79 Å². The molecule has 0 aromatic heterocycles. The van der Waals surface area contributed by atoms with Crippen LogP contribution in [0.25, 0.3) is 0 Å². The minimum Gasteiger partial charge on any atom is 0 e. The Hall–Kier alpha value is 4.24. The van der Waals surface area contributed by atoms with Gasteiger partial charge in [-0.25, -0.2) is 0 Å². The quantitative estimate of drug-likeness (QED) is 0.197. The second kappa shape index (κ2) is 38.0. The van der Waals surface area contributed by atoms with Crippen LogP contribution in [-0.2, 0) is 79.6 Å². The molecule has 0 amide bonds. The van der Waals surface area contributed by atoms with E-state index in [4.69, 9.17) is 19.4 Å². The van der Waals surface area contributed by atoms with Crippen LogP contribution in [-0.4, -0.2) is 108 Å². The summed E-state index contributed by atoms with van der Waals surface area (Å²) in [5.41, 5.74) is 0. The first-order chi connectivity index (χ1) is 8.37. The van der Waals surface area contributed by atoms with Gasteiger partial charge in [-0.2, -0.15) is 0 Å². The molecule has 4 N–H and O–H groups in total. The van der Waals surface area contributed by atoms with Gasteiger partial charge in [-0.3, -0.25) is 0 Å². The summed E-state index contributed by atoms with van der Waals surface area (Å²) in [7, 11) is 0. The molecular weight excluding hydrogens is 1170 g/mol. The normalized spacial score (nSPS) is 6.11. The fraction of sp³-hybridized carbons (Fsp3) is 0. The Morgan fingerprint density at radius 3 is 0.895 bits per heavy atom. The predicted molar refractivity (Wildman–Crippen MR) is 38.2 cm³/mol. The van der Waals surface area contributed by atoms with Gasteiger partial charge in [0.15, 0.2) is 0 Å². The van der Waals surface area contributed by atoms with Crippen molar-refractivity contribution >= 4 is 94.7 Å². The third kappa shape index (κ3) is 86.9. The van der Waals surface area contributed by atoms with Crippen molar-refractivity contribution in [3.8, 4) is 0 Å². The minimum absolute atomic E-state index is 0.